The van der Waals surface area contributed by atoms with Crippen molar-refractivity contribution in [1.29, 1.82) is 0 Å². The first-order chi connectivity index (χ1) is 15.3. The van der Waals surface area contributed by atoms with E-state index in [1.54, 1.807) is 43.3 Å². The Morgan fingerprint density at radius 2 is 1.31 bits per heavy atom. The van der Waals surface area contributed by atoms with Crippen molar-refractivity contribution in [3.8, 4) is 11.5 Å². The molecule has 8 nitrogen and oxygen atoms in total. The Labute approximate surface area is 188 Å². The topological polar surface area (TPSA) is 111 Å². The lowest BCUT2D eigenvalue weighted by molar-refractivity contribution is 0.287. The van der Waals surface area contributed by atoms with Crippen LogP contribution in [0.15, 0.2) is 82.6 Å². The van der Waals surface area contributed by atoms with E-state index in [2.05, 4.69) is 9.44 Å². The summed E-state index contributed by atoms with van der Waals surface area (Å²) in [6.45, 7) is 4.30. The minimum absolute atomic E-state index is 0.0808. The van der Waals surface area contributed by atoms with Crippen molar-refractivity contribution in [2.75, 3.05) is 22.7 Å². The summed E-state index contributed by atoms with van der Waals surface area (Å²) >= 11 is 0. The molecule has 0 radical (unpaired) electrons. The van der Waals surface area contributed by atoms with Crippen LogP contribution in [0.2, 0.25) is 0 Å². The van der Waals surface area contributed by atoms with Gasteiger partial charge in [0, 0.05) is 11.8 Å². The van der Waals surface area contributed by atoms with Gasteiger partial charge in [-0.05, 0) is 50.2 Å². The molecule has 10 heteroatoms. The van der Waals surface area contributed by atoms with Gasteiger partial charge in [-0.25, -0.2) is 16.8 Å². The van der Waals surface area contributed by atoms with Crippen molar-refractivity contribution in [2.45, 2.75) is 23.6 Å². The van der Waals surface area contributed by atoms with Crippen molar-refractivity contribution < 1.29 is 26.3 Å². The lowest BCUT2D eigenvalue weighted by Gasteiger charge is -2.16. The zero-order valence-electron chi connectivity index (χ0n) is 17.6. The summed E-state index contributed by atoms with van der Waals surface area (Å²) in [6, 6.07) is 18.3. The van der Waals surface area contributed by atoms with Gasteiger partial charge < -0.3 is 9.47 Å². The van der Waals surface area contributed by atoms with Crippen molar-refractivity contribution in [3.05, 3.63) is 72.8 Å². The largest absolute Gasteiger partial charge is 0.490 e. The fraction of sp³-hybridized carbons (Fsp3) is 0.182. The van der Waals surface area contributed by atoms with Gasteiger partial charge in [0.05, 0.1) is 23.8 Å². The number of sulfonamides is 2. The van der Waals surface area contributed by atoms with Gasteiger partial charge in [-0.1, -0.05) is 30.3 Å². The molecular weight excluding hydrogens is 452 g/mol. The molecule has 0 bridgehead atoms. The molecule has 0 saturated carbocycles. The monoisotopic (exact) mass is 476 g/mol. The quantitative estimate of drug-likeness (QED) is 0.456. The van der Waals surface area contributed by atoms with Crippen LogP contribution >= 0.6 is 0 Å². The third-order valence-electron chi connectivity index (χ3n) is 4.27. The molecule has 3 aromatic carbocycles. The smallest absolute Gasteiger partial charge is 0.263 e. The average Bonchev–Trinajstić information content (AvgIpc) is 2.75. The zero-order valence-corrected chi connectivity index (χ0v) is 19.2. The molecule has 0 amide bonds. The van der Waals surface area contributed by atoms with Gasteiger partial charge in [0.25, 0.3) is 20.0 Å². The second-order valence-electron chi connectivity index (χ2n) is 6.55. The van der Waals surface area contributed by atoms with E-state index in [1.807, 2.05) is 6.92 Å². The van der Waals surface area contributed by atoms with E-state index < -0.39 is 20.0 Å². The minimum Gasteiger partial charge on any atom is -0.490 e. The molecular formula is C22H24N2O6S2. The Morgan fingerprint density at radius 3 is 2.00 bits per heavy atom. The van der Waals surface area contributed by atoms with Crippen molar-refractivity contribution in [1.82, 2.24) is 0 Å². The number of anilines is 2. The van der Waals surface area contributed by atoms with Crippen LogP contribution in [0.5, 0.6) is 11.5 Å². The number of rotatable bonds is 10. The van der Waals surface area contributed by atoms with Gasteiger partial charge in [0.2, 0.25) is 0 Å². The number of hydrogen-bond donors (Lipinski definition) is 2. The predicted octanol–water partition coefficient (Wildman–Crippen LogP) is 4.09. The maximum absolute atomic E-state index is 13.0. The molecule has 0 aromatic heterocycles. The summed E-state index contributed by atoms with van der Waals surface area (Å²) in [5.74, 6) is 0.701. The molecule has 3 rings (SSSR count). The van der Waals surface area contributed by atoms with E-state index in [1.165, 1.54) is 36.4 Å². The Bertz CT molecular complexity index is 1280. The third kappa shape index (κ3) is 5.51. The standard InChI is InChI=1S/C22H24N2O6S2/c1-3-29-20-15-14-18(16-21(20)30-4-2)31(25,26)24-19-12-8-9-13-22(19)32(27,28)23-17-10-6-5-7-11-17/h5-16,23-24H,3-4H2,1-2H3. The van der Waals surface area contributed by atoms with Crippen LogP contribution in [-0.2, 0) is 20.0 Å². The fourth-order valence-electron chi connectivity index (χ4n) is 2.90. The predicted molar refractivity (Wildman–Crippen MR) is 123 cm³/mol. The highest BCUT2D eigenvalue weighted by Gasteiger charge is 2.23. The molecule has 0 aliphatic rings. The number of nitrogens with one attached hydrogen (secondary N) is 2. The van der Waals surface area contributed by atoms with Crippen LogP contribution in [0, 0.1) is 0 Å². The summed E-state index contributed by atoms with van der Waals surface area (Å²) in [5.41, 5.74) is 0.279. The van der Waals surface area contributed by atoms with Gasteiger partial charge in [-0.3, -0.25) is 9.44 Å². The molecule has 32 heavy (non-hydrogen) atoms. The molecule has 0 aliphatic heterocycles. The summed E-state index contributed by atoms with van der Waals surface area (Å²) in [6.07, 6.45) is 0. The first-order valence-electron chi connectivity index (χ1n) is 9.86. The second kappa shape index (κ2) is 9.92. The average molecular weight is 477 g/mol. The first-order valence-corrected chi connectivity index (χ1v) is 12.8. The Balaban J connectivity index is 1.95. The van der Waals surface area contributed by atoms with Gasteiger partial charge in [-0.2, -0.15) is 0 Å². The fourth-order valence-corrected chi connectivity index (χ4v) is 5.29. The van der Waals surface area contributed by atoms with Crippen LogP contribution in [0.4, 0.5) is 11.4 Å². The molecule has 2 N–H and O–H groups in total. The first kappa shape index (κ1) is 23.4. The lowest BCUT2D eigenvalue weighted by atomic mass is 10.3. The highest BCUT2D eigenvalue weighted by atomic mass is 32.2. The van der Waals surface area contributed by atoms with Crippen molar-refractivity contribution in [3.63, 3.8) is 0 Å². The Kier molecular flexibility index (Phi) is 7.26. The van der Waals surface area contributed by atoms with Gasteiger partial charge in [-0.15, -0.1) is 0 Å². The molecule has 3 aromatic rings. The van der Waals surface area contributed by atoms with E-state index in [0.29, 0.717) is 24.7 Å². The Hall–Kier alpha value is -3.24. The van der Waals surface area contributed by atoms with E-state index >= 15 is 0 Å². The highest BCUT2D eigenvalue weighted by Crippen LogP contribution is 2.32. The van der Waals surface area contributed by atoms with Crippen molar-refractivity contribution in [2.24, 2.45) is 0 Å². The van der Waals surface area contributed by atoms with Crippen LogP contribution in [-0.4, -0.2) is 30.0 Å². The molecule has 0 heterocycles. The lowest BCUT2D eigenvalue weighted by Crippen LogP contribution is -2.19. The van der Waals surface area contributed by atoms with Crippen LogP contribution in [0.25, 0.3) is 0 Å². The zero-order chi connectivity index (χ0) is 23.2. The maximum atomic E-state index is 13.0. The number of para-hydroxylation sites is 2. The summed E-state index contributed by atoms with van der Waals surface area (Å²) in [7, 11) is -8.17. The van der Waals surface area contributed by atoms with Crippen LogP contribution in [0.1, 0.15) is 13.8 Å². The summed E-state index contributed by atoms with van der Waals surface area (Å²) < 4.78 is 67.7. The van der Waals surface area contributed by atoms with Gasteiger partial charge >= 0.3 is 0 Å². The molecule has 0 fully saturated rings. The number of hydrogen-bond acceptors (Lipinski definition) is 6. The van der Waals surface area contributed by atoms with E-state index in [9.17, 15) is 16.8 Å². The second-order valence-corrected chi connectivity index (χ2v) is 9.88. The van der Waals surface area contributed by atoms with E-state index in [-0.39, 0.29) is 21.2 Å². The van der Waals surface area contributed by atoms with Crippen LogP contribution < -0.4 is 18.9 Å². The SMILES string of the molecule is CCOc1ccc(S(=O)(=O)Nc2ccccc2S(=O)(=O)Nc2ccccc2)cc1OCC. The minimum atomic E-state index is -4.12. The van der Waals surface area contributed by atoms with E-state index in [4.69, 9.17) is 9.47 Å². The molecule has 0 atom stereocenters. The maximum Gasteiger partial charge on any atom is 0.263 e. The third-order valence-corrected chi connectivity index (χ3v) is 7.07. The molecule has 0 aliphatic carbocycles. The van der Waals surface area contributed by atoms with Gasteiger partial charge in [0.1, 0.15) is 4.90 Å². The van der Waals surface area contributed by atoms with Crippen LogP contribution in [0.3, 0.4) is 0 Å². The summed E-state index contributed by atoms with van der Waals surface area (Å²) in [5, 5.41) is 0. The molecule has 0 saturated heterocycles. The highest BCUT2D eigenvalue weighted by molar-refractivity contribution is 7.94. The molecule has 0 unspecified atom stereocenters. The number of ether oxygens (including phenoxy) is 2. The Morgan fingerprint density at radius 1 is 0.688 bits per heavy atom. The van der Waals surface area contributed by atoms with Crippen molar-refractivity contribution >= 4 is 31.4 Å². The van der Waals surface area contributed by atoms with Gasteiger partial charge in [0.15, 0.2) is 11.5 Å². The normalized spacial score (nSPS) is 11.6. The molecule has 0 spiro atoms. The van der Waals surface area contributed by atoms with E-state index in [0.717, 1.165) is 0 Å². The summed E-state index contributed by atoms with van der Waals surface area (Å²) in [4.78, 5) is -0.295. The number of benzene rings is 3. The molecule has 170 valence electrons.